The molecule has 2 rings (SSSR count). The van der Waals surface area contributed by atoms with Gasteiger partial charge in [-0.2, -0.15) is 26.3 Å². The van der Waals surface area contributed by atoms with Crippen LogP contribution in [0.2, 0.25) is 0 Å². The highest BCUT2D eigenvalue weighted by Crippen LogP contribution is 2.38. The smallest absolute Gasteiger partial charge is 0.247 e. The van der Waals surface area contributed by atoms with Crippen molar-refractivity contribution >= 4 is 0 Å². The van der Waals surface area contributed by atoms with Crippen LogP contribution in [0.5, 0.6) is 0 Å². The summed E-state index contributed by atoms with van der Waals surface area (Å²) in [7, 11) is 0. The van der Waals surface area contributed by atoms with Gasteiger partial charge in [0.2, 0.25) is 0 Å². The molecule has 0 atom stereocenters. The summed E-state index contributed by atoms with van der Waals surface area (Å²) in [5, 5.41) is 0. The molecule has 0 N–H and O–H groups in total. The lowest BCUT2D eigenvalue weighted by atomic mass is 10.0. The molecule has 0 fully saturated rings. The van der Waals surface area contributed by atoms with Gasteiger partial charge in [-0.1, -0.05) is 6.07 Å². The van der Waals surface area contributed by atoms with Gasteiger partial charge in [0.25, 0.3) is 0 Å². The van der Waals surface area contributed by atoms with Crippen molar-refractivity contribution in [3.05, 3.63) is 53.7 Å². The Morgan fingerprint density at radius 1 is 0.800 bits per heavy atom. The second-order valence-electron chi connectivity index (χ2n) is 3.87. The molecule has 1 aromatic heterocycles. The number of alkyl halides is 6. The molecule has 1 heterocycles. The number of aromatic nitrogens is 1. The zero-order valence-electron chi connectivity index (χ0n) is 9.60. The predicted octanol–water partition coefficient (Wildman–Crippen LogP) is 4.39. The molecular weight excluding hydrogens is 284 g/mol. The van der Waals surface area contributed by atoms with Gasteiger partial charge < -0.3 is 0 Å². The molecule has 0 amide bonds. The van der Waals surface area contributed by atoms with E-state index in [0.717, 1.165) is 12.3 Å². The zero-order chi connectivity index (χ0) is 15.0. The molecule has 0 saturated heterocycles. The summed E-state index contributed by atoms with van der Waals surface area (Å²) in [6.07, 6.45) is -8.63. The highest BCUT2D eigenvalue weighted by atomic mass is 19.4. The van der Waals surface area contributed by atoms with Crippen LogP contribution in [0.15, 0.2) is 30.5 Å². The van der Waals surface area contributed by atoms with E-state index in [2.05, 4.69) is 17.1 Å². The maximum absolute atomic E-state index is 12.7. The van der Waals surface area contributed by atoms with Crippen LogP contribution in [-0.4, -0.2) is 4.98 Å². The largest absolute Gasteiger partial charge is 0.416 e. The molecule has 7 heteroatoms. The Morgan fingerprint density at radius 2 is 1.35 bits per heavy atom. The molecule has 1 aromatic carbocycles. The summed E-state index contributed by atoms with van der Waals surface area (Å²) in [5.74, 6) is 0. The molecule has 1 nitrogen and oxygen atoms in total. The second-order valence-corrected chi connectivity index (χ2v) is 3.87. The minimum atomic E-state index is -4.87. The third kappa shape index (κ3) is 3.02. The molecule has 20 heavy (non-hydrogen) atoms. The Kier molecular flexibility index (Phi) is 3.34. The maximum atomic E-state index is 12.7. The Morgan fingerprint density at radius 3 is 1.75 bits per heavy atom. The summed E-state index contributed by atoms with van der Waals surface area (Å²) in [6.45, 7) is 0. The van der Waals surface area contributed by atoms with Crippen molar-refractivity contribution in [2.75, 3.05) is 0 Å². The van der Waals surface area contributed by atoms with Crippen molar-refractivity contribution in [2.45, 2.75) is 12.4 Å². The van der Waals surface area contributed by atoms with Gasteiger partial charge in [-0.3, -0.25) is 0 Å². The number of hydrogen-bond donors (Lipinski definition) is 0. The molecule has 0 spiro atoms. The standard InChI is InChI=1S/C13H5F6N/c14-12(15,16)9-5-8(11-3-1-2-4-20-11)6-10(7-9)13(17,18)19/h3-7H. The molecule has 0 aliphatic rings. The van der Waals surface area contributed by atoms with Crippen molar-refractivity contribution in [1.82, 2.24) is 4.98 Å². The van der Waals surface area contributed by atoms with E-state index in [1.807, 2.05) is 0 Å². The minimum Gasteiger partial charge on any atom is -0.247 e. The van der Waals surface area contributed by atoms with Crippen LogP contribution >= 0.6 is 0 Å². The van der Waals surface area contributed by atoms with E-state index in [9.17, 15) is 26.3 Å². The van der Waals surface area contributed by atoms with Crippen molar-refractivity contribution in [1.29, 1.82) is 0 Å². The van der Waals surface area contributed by atoms with Crippen LogP contribution in [0, 0.1) is 12.1 Å². The molecule has 0 aliphatic heterocycles. The van der Waals surface area contributed by atoms with Crippen LogP contribution in [0.4, 0.5) is 26.3 Å². The normalized spacial score (nSPS) is 12.1. The van der Waals surface area contributed by atoms with Crippen LogP contribution in [-0.2, 0) is 12.4 Å². The number of rotatable bonds is 1. The molecule has 0 bridgehead atoms. The van der Waals surface area contributed by atoms with Gasteiger partial charge >= 0.3 is 12.4 Å². The van der Waals surface area contributed by atoms with E-state index in [0.29, 0.717) is 12.1 Å². The van der Waals surface area contributed by atoms with Crippen molar-refractivity contribution in [3.63, 3.8) is 0 Å². The van der Waals surface area contributed by atoms with Gasteiger partial charge in [0.05, 0.1) is 23.0 Å². The van der Waals surface area contributed by atoms with Crippen molar-refractivity contribution < 1.29 is 26.3 Å². The van der Waals surface area contributed by atoms with E-state index in [1.165, 1.54) is 0 Å². The number of hydrogen-bond acceptors (Lipinski definition) is 1. The van der Waals surface area contributed by atoms with Gasteiger partial charge in [-0.05, 0) is 24.3 Å². The fraction of sp³-hybridized carbons (Fsp3) is 0.154. The van der Waals surface area contributed by atoms with E-state index in [1.54, 1.807) is 0 Å². The summed E-state index contributed by atoms with van der Waals surface area (Å²) >= 11 is 0. The molecule has 0 saturated carbocycles. The van der Waals surface area contributed by atoms with Gasteiger partial charge in [0.15, 0.2) is 0 Å². The third-order valence-corrected chi connectivity index (χ3v) is 2.44. The minimum absolute atomic E-state index is 0.0413. The van der Waals surface area contributed by atoms with Crippen LogP contribution in [0.1, 0.15) is 11.1 Å². The Balaban J connectivity index is 2.64. The molecule has 0 radical (unpaired) electrons. The van der Waals surface area contributed by atoms with Gasteiger partial charge in [0, 0.05) is 11.6 Å². The second kappa shape index (κ2) is 4.71. The van der Waals surface area contributed by atoms with E-state index in [-0.39, 0.29) is 17.3 Å². The highest BCUT2D eigenvalue weighted by molar-refractivity contribution is 5.61. The number of nitrogens with zero attached hydrogens (tertiary/aromatic N) is 1. The first-order chi connectivity index (χ1) is 9.18. The lowest BCUT2D eigenvalue weighted by molar-refractivity contribution is -0.143. The van der Waals surface area contributed by atoms with Crippen LogP contribution < -0.4 is 0 Å². The Labute approximate surface area is 109 Å². The van der Waals surface area contributed by atoms with Crippen molar-refractivity contribution in [2.24, 2.45) is 0 Å². The summed E-state index contributed by atoms with van der Waals surface area (Å²) in [4.78, 5) is 3.67. The molecule has 0 aliphatic carbocycles. The lowest BCUT2D eigenvalue weighted by Gasteiger charge is -2.13. The van der Waals surface area contributed by atoms with Crippen molar-refractivity contribution in [3.8, 4) is 11.3 Å². The average Bonchev–Trinajstić information content (AvgIpc) is 2.37. The monoisotopic (exact) mass is 289 g/mol. The SMILES string of the molecule is FC(F)(F)c1cc(-c2cc#ccn2)cc(C(F)(F)F)c1. The van der Waals surface area contributed by atoms with E-state index >= 15 is 0 Å². The third-order valence-electron chi connectivity index (χ3n) is 2.44. The average molecular weight is 289 g/mol. The van der Waals surface area contributed by atoms with Crippen LogP contribution in [0.25, 0.3) is 11.3 Å². The first-order valence-electron chi connectivity index (χ1n) is 5.21. The van der Waals surface area contributed by atoms with E-state index in [4.69, 9.17) is 0 Å². The van der Waals surface area contributed by atoms with Gasteiger partial charge in [-0.25, -0.2) is 4.98 Å². The fourth-order valence-corrected chi connectivity index (χ4v) is 1.55. The van der Waals surface area contributed by atoms with E-state index < -0.39 is 23.5 Å². The molecule has 2 aromatic rings. The lowest BCUT2D eigenvalue weighted by Crippen LogP contribution is -2.11. The maximum Gasteiger partial charge on any atom is 0.416 e. The summed E-state index contributed by atoms with van der Waals surface area (Å²) < 4.78 is 75.9. The first kappa shape index (κ1) is 14.2. The molecule has 104 valence electrons. The summed E-state index contributed by atoms with van der Waals surface area (Å²) in [6, 6.07) is 7.30. The number of benzene rings is 1. The number of halogens is 6. The molecule has 0 unspecified atom stereocenters. The first-order valence-corrected chi connectivity index (χ1v) is 5.21. The fourth-order valence-electron chi connectivity index (χ4n) is 1.55. The predicted molar refractivity (Wildman–Crippen MR) is 57.3 cm³/mol. The van der Waals surface area contributed by atoms with Gasteiger partial charge in [0.1, 0.15) is 0 Å². The quantitative estimate of drug-likeness (QED) is 0.710. The van der Waals surface area contributed by atoms with Crippen LogP contribution in [0.3, 0.4) is 0 Å². The Hall–Kier alpha value is -2.23. The Bertz CT molecular complexity index is 568. The van der Waals surface area contributed by atoms with Gasteiger partial charge in [-0.15, -0.1) is 0 Å². The summed E-state index contributed by atoms with van der Waals surface area (Å²) in [5.41, 5.74) is -3.08. The highest BCUT2D eigenvalue weighted by Gasteiger charge is 2.37. The topological polar surface area (TPSA) is 12.9 Å². The molecular formula is C13H5F6N. The zero-order valence-corrected chi connectivity index (χ0v) is 9.60.